The summed E-state index contributed by atoms with van der Waals surface area (Å²) >= 11 is 0. The lowest BCUT2D eigenvalue weighted by Gasteiger charge is -2.15. The number of nitrogens with one attached hydrogen (secondary N) is 2. The van der Waals surface area contributed by atoms with Gasteiger partial charge in [-0.1, -0.05) is 20.8 Å². The Hall–Kier alpha value is -0.830. The molecule has 0 saturated heterocycles. The summed E-state index contributed by atoms with van der Waals surface area (Å²) in [5.74, 6) is 1.08. The fourth-order valence-electron chi connectivity index (χ4n) is 1.61. The number of imidazole rings is 1. The van der Waals surface area contributed by atoms with Crippen molar-refractivity contribution < 1.29 is 0 Å². The zero-order valence-corrected chi connectivity index (χ0v) is 9.86. The molecule has 0 aromatic carbocycles. The molecule has 0 atom stereocenters. The summed E-state index contributed by atoms with van der Waals surface area (Å²) in [7, 11) is 1.96. The van der Waals surface area contributed by atoms with Gasteiger partial charge in [0.05, 0.1) is 5.69 Å². The molecule has 0 saturated carbocycles. The third kappa shape index (κ3) is 2.58. The SMILES string of the molecule is CNCCc1nc(C(C)(C)C)c(C)[nH]1. The smallest absolute Gasteiger partial charge is 0.107 e. The second-order valence-electron chi connectivity index (χ2n) is 4.76. The largest absolute Gasteiger partial charge is 0.346 e. The Labute approximate surface area is 86.3 Å². The van der Waals surface area contributed by atoms with Crippen LogP contribution in [-0.2, 0) is 11.8 Å². The molecule has 1 aromatic rings. The van der Waals surface area contributed by atoms with E-state index in [-0.39, 0.29) is 5.41 Å². The van der Waals surface area contributed by atoms with Gasteiger partial charge in [-0.05, 0) is 14.0 Å². The molecule has 0 aliphatic rings. The molecule has 1 aromatic heterocycles. The molecule has 3 heteroatoms. The van der Waals surface area contributed by atoms with Crippen LogP contribution in [0.4, 0.5) is 0 Å². The van der Waals surface area contributed by atoms with E-state index in [1.807, 2.05) is 7.05 Å². The quantitative estimate of drug-likeness (QED) is 0.772. The van der Waals surface area contributed by atoms with Crippen molar-refractivity contribution in [1.29, 1.82) is 0 Å². The van der Waals surface area contributed by atoms with E-state index in [2.05, 4.69) is 43.0 Å². The van der Waals surface area contributed by atoms with Crippen LogP contribution in [0.25, 0.3) is 0 Å². The highest BCUT2D eigenvalue weighted by Crippen LogP contribution is 2.23. The Kier molecular flexibility index (Phi) is 3.32. The highest BCUT2D eigenvalue weighted by molar-refractivity contribution is 5.20. The zero-order chi connectivity index (χ0) is 10.8. The van der Waals surface area contributed by atoms with Crippen LogP contribution in [0.15, 0.2) is 0 Å². The lowest BCUT2D eigenvalue weighted by atomic mass is 9.91. The Morgan fingerprint density at radius 3 is 2.43 bits per heavy atom. The van der Waals surface area contributed by atoms with Crippen LogP contribution < -0.4 is 5.32 Å². The Morgan fingerprint density at radius 2 is 2.00 bits per heavy atom. The van der Waals surface area contributed by atoms with Gasteiger partial charge < -0.3 is 10.3 Å². The maximum Gasteiger partial charge on any atom is 0.107 e. The van der Waals surface area contributed by atoms with E-state index in [1.165, 1.54) is 11.4 Å². The van der Waals surface area contributed by atoms with E-state index < -0.39 is 0 Å². The van der Waals surface area contributed by atoms with E-state index in [0.29, 0.717) is 0 Å². The average molecular weight is 195 g/mol. The molecule has 0 bridgehead atoms. The van der Waals surface area contributed by atoms with Crippen LogP contribution in [0.5, 0.6) is 0 Å². The van der Waals surface area contributed by atoms with Gasteiger partial charge in [0.2, 0.25) is 0 Å². The van der Waals surface area contributed by atoms with Crippen LogP contribution in [0.2, 0.25) is 0 Å². The van der Waals surface area contributed by atoms with E-state index in [0.717, 1.165) is 18.8 Å². The maximum atomic E-state index is 4.62. The molecule has 0 aliphatic carbocycles. The molecule has 2 N–H and O–H groups in total. The number of aromatic amines is 1. The van der Waals surface area contributed by atoms with Crippen LogP contribution >= 0.6 is 0 Å². The first-order chi connectivity index (χ1) is 6.45. The highest BCUT2D eigenvalue weighted by Gasteiger charge is 2.20. The first kappa shape index (κ1) is 11.2. The zero-order valence-electron chi connectivity index (χ0n) is 9.86. The van der Waals surface area contributed by atoms with Crippen molar-refractivity contribution >= 4 is 0 Å². The molecule has 0 fully saturated rings. The van der Waals surface area contributed by atoms with E-state index >= 15 is 0 Å². The van der Waals surface area contributed by atoms with E-state index in [1.54, 1.807) is 0 Å². The summed E-state index contributed by atoms with van der Waals surface area (Å²) in [6.07, 6.45) is 0.966. The monoisotopic (exact) mass is 195 g/mol. The third-order valence-electron chi connectivity index (χ3n) is 2.26. The van der Waals surface area contributed by atoms with E-state index in [4.69, 9.17) is 0 Å². The summed E-state index contributed by atoms with van der Waals surface area (Å²) in [5, 5.41) is 3.12. The van der Waals surface area contributed by atoms with Gasteiger partial charge in [0, 0.05) is 24.1 Å². The molecule has 1 heterocycles. The van der Waals surface area contributed by atoms with Crippen molar-refractivity contribution in [2.75, 3.05) is 13.6 Å². The van der Waals surface area contributed by atoms with Gasteiger partial charge in [-0.15, -0.1) is 0 Å². The Morgan fingerprint density at radius 1 is 1.36 bits per heavy atom. The topological polar surface area (TPSA) is 40.7 Å². The molecular weight excluding hydrogens is 174 g/mol. The number of rotatable bonds is 3. The summed E-state index contributed by atoms with van der Waals surface area (Å²) in [4.78, 5) is 7.96. The van der Waals surface area contributed by atoms with Crippen molar-refractivity contribution in [2.45, 2.75) is 39.5 Å². The predicted octanol–water partition coefficient (Wildman–Crippen LogP) is 1.78. The minimum Gasteiger partial charge on any atom is -0.346 e. The van der Waals surface area contributed by atoms with Gasteiger partial charge in [-0.2, -0.15) is 0 Å². The Bertz CT molecular complexity index is 294. The predicted molar refractivity (Wildman–Crippen MR) is 59.7 cm³/mol. The number of H-pyrrole nitrogens is 1. The normalized spacial score (nSPS) is 12.1. The van der Waals surface area contributed by atoms with Gasteiger partial charge in [0.15, 0.2) is 0 Å². The molecule has 80 valence electrons. The first-order valence-corrected chi connectivity index (χ1v) is 5.15. The number of aromatic nitrogens is 2. The van der Waals surface area contributed by atoms with Crippen LogP contribution in [0.1, 0.15) is 38.0 Å². The molecule has 0 radical (unpaired) electrons. The van der Waals surface area contributed by atoms with Crippen molar-refractivity contribution in [3.63, 3.8) is 0 Å². The summed E-state index contributed by atoms with van der Waals surface area (Å²) < 4.78 is 0. The summed E-state index contributed by atoms with van der Waals surface area (Å²) in [6.45, 7) is 9.64. The molecule has 0 spiro atoms. The molecular formula is C11H21N3. The average Bonchev–Trinajstić information content (AvgIpc) is 2.42. The van der Waals surface area contributed by atoms with Crippen molar-refractivity contribution in [2.24, 2.45) is 0 Å². The lowest BCUT2D eigenvalue weighted by molar-refractivity contribution is 0.566. The number of hydrogen-bond donors (Lipinski definition) is 2. The molecule has 1 rings (SSSR count). The second-order valence-corrected chi connectivity index (χ2v) is 4.76. The minimum absolute atomic E-state index is 0.137. The molecule has 0 unspecified atom stereocenters. The van der Waals surface area contributed by atoms with Crippen molar-refractivity contribution in [3.8, 4) is 0 Å². The summed E-state index contributed by atoms with van der Waals surface area (Å²) in [6, 6.07) is 0. The first-order valence-electron chi connectivity index (χ1n) is 5.15. The van der Waals surface area contributed by atoms with E-state index in [9.17, 15) is 0 Å². The minimum atomic E-state index is 0.137. The van der Waals surface area contributed by atoms with Crippen LogP contribution in [0, 0.1) is 6.92 Å². The molecule has 14 heavy (non-hydrogen) atoms. The third-order valence-corrected chi connectivity index (χ3v) is 2.26. The Balaban J connectivity index is 2.83. The number of hydrogen-bond acceptors (Lipinski definition) is 2. The molecule has 0 amide bonds. The van der Waals surface area contributed by atoms with Gasteiger partial charge in [-0.25, -0.2) is 4.98 Å². The highest BCUT2D eigenvalue weighted by atomic mass is 15.0. The number of aryl methyl sites for hydroxylation is 1. The fourth-order valence-corrected chi connectivity index (χ4v) is 1.61. The van der Waals surface area contributed by atoms with Crippen LogP contribution in [-0.4, -0.2) is 23.6 Å². The van der Waals surface area contributed by atoms with Crippen LogP contribution in [0.3, 0.4) is 0 Å². The van der Waals surface area contributed by atoms with Gasteiger partial charge >= 0.3 is 0 Å². The standard InChI is InChI=1S/C11H21N3/c1-8-10(11(2,3)4)14-9(13-8)6-7-12-5/h12H,6-7H2,1-5H3,(H,13,14). The summed E-state index contributed by atoms with van der Waals surface area (Å²) in [5.41, 5.74) is 2.52. The second kappa shape index (κ2) is 4.13. The van der Waals surface area contributed by atoms with Crippen molar-refractivity contribution in [3.05, 3.63) is 17.2 Å². The fraction of sp³-hybridized carbons (Fsp3) is 0.727. The van der Waals surface area contributed by atoms with Gasteiger partial charge in [0.1, 0.15) is 5.82 Å². The lowest BCUT2D eigenvalue weighted by Crippen LogP contribution is -2.14. The van der Waals surface area contributed by atoms with Gasteiger partial charge in [-0.3, -0.25) is 0 Å². The molecule has 3 nitrogen and oxygen atoms in total. The number of likely N-dealkylation sites (N-methyl/N-ethyl adjacent to an activating group) is 1. The van der Waals surface area contributed by atoms with Gasteiger partial charge in [0.25, 0.3) is 0 Å². The number of nitrogens with zero attached hydrogens (tertiary/aromatic N) is 1. The van der Waals surface area contributed by atoms with Crippen molar-refractivity contribution in [1.82, 2.24) is 15.3 Å². The molecule has 0 aliphatic heterocycles. The maximum absolute atomic E-state index is 4.62.